The summed E-state index contributed by atoms with van der Waals surface area (Å²) in [6.07, 6.45) is 1.92. The van der Waals surface area contributed by atoms with Gasteiger partial charge >= 0.3 is 0 Å². The van der Waals surface area contributed by atoms with Crippen molar-refractivity contribution in [1.82, 2.24) is 9.97 Å². The second-order valence-corrected chi connectivity index (χ2v) is 5.69. The molecule has 4 N–H and O–H groups in total. The van der Waals surface area contributed by atoms with E-state index in [2.05, 4.69) is 20.3 Å². The van der Waals surface area contributed by atoms with Gasteiger partial charge in [0, 0.05) is 24.6 Å². The molecule has 6 nitrogen and oxygen atoms in total. The van der Waals surface area contributed by atoms with Gasteiger partial charge in [0.15, 0.2) is 0 Å². The van der Waals surface area contributed by atoms with E-state index in [0.29, 0.717) is 23.5 Å². The van der Waals surface area contributed by atoms with E-state index in [-0.39, 0.29) is 6.10 Å². The smallest absolute Gasteiger partial charge is 0.148 e. The number of anilines is 2. The minimum Gasteiger partial charge on any atom is -0.393 e. The number of rotatable bonds is 2. The maximum Gasteiger partial charge on any atom is 0.148 e. The van der Waals surface area contributed by atoms with Gasteiger partial charge in [-0.1, -0.05) is 0 Å². The van der Waals surface area contributed by atoms with Crippen molar-refractivity contribution >= 4 is 11.6 Å². The SMILES string of the molecule is Cc1nc(NN)c(C)c(N2CC3CCC(O)C3C2)n1. The molecule has 1 aliphatic carbocycles. The lowest BCUT2D eigenvalue weighted by molar-refractivity contribution is 0.133. The van der Waals surface area contributed by atoms with Crippen LogP contribution in [0.1, 0.15) is 24.2 Å². The Kier molecular flexibility index (Phi) is 3.06. The molecule has 3 rings (SSSR count). The summed E-state index contributed by atoms with van der Waals surface area (Å²) < 4.78 is 0. The molecule has 1 aromatic heterocycles. The molecule has 6 heteroatoms. The van der Waals surface area contributed by atoms with Gasteiger partial charge in [-0.15, -0.1) is 0 Å². The Morgan fingerprint density at radius 2 is 2.05 bits per heavy atom. The van der Waals surface area contributed by atoms with E-state index in [1.165, 1.54) is 0 Å². The Hall–Kier alpha value is -1.40. The molecule has 0 spiro atoms. The summed E-state index contributed by atoms with van der Waals surface area (Å²) >= 11 is 0. The zero-order chi connectivity index (χ0) is 13.6. The number of nitrogens with two attached hydrogens (primary N) is 1. The maximum absolute atomic E-state index is 10.00. The number of aliphatic hydroxyl groups excluding tert-OH is 1. The summed E-state index contributed by atoms with van der Waals surface area (Å²) in [4.78, 5) is 11.1. The standard InChI is InChI=1S/C13H21N5O/c1-7-12(17-14)15-8(2)16-13(7)18-5-9-3-4-11(19)10(9)6-18/h9-11,19H,3-6,14H2,1-2H3,(H,15,16,17). The molecule has 1 aliphatic heterocycles. The van der Waals surface area contributed by atoms with Crippen LogP contribution in [0.3, 0.4) is 0 Å². The van der Waals surface area contributed by atoms with Gasteiger partial charge in [-0.3, -0.25) is 0 Å². The van der Waals surface area contributed by atoms with Gasteiger partial charge in [-0.2, -0.15) is 0 Å². The van der Waals surface area contributed by atoms with Crippen LogP contribution in [0, 0.1) is 25.7 Å². The normalized spacial score (nSPS) is 29.7. The van der Waals surface area contributed by atoms with E-state index in [9.17, 15) is 5.11 Å². The Bertz CT molecular complexity index is 492. The summed E-state index contributed by atoms with van der Waals surface area (Å²) in [6.45, 7) is 5.71. The van der Waals surface area contributed by atoms with Crippen molar-refractivity contribution in [1.29, 1.82) is 0 Å². The van der Waals surface area contributed by atoms with Crippen LogP contribution in [0.5, 0.6) is 0 Å². The number of nitrogen functional groups attached to an aromatic ring is 1. The van der Waals surface area contributed by atoms with Gasteiger partial charge < -0.3 is 15.4 Å². The van der Waals surface area contributed by atoms with Crippen molar-refractivity contribution in [2.75, 3.05) is 23.4 Å². The molecule has 2 aliphatic rings. The third-order valence-electron chi connectivity index (χ3n) is 4.49. The van der Waals surface area contributed by atoms with Crippen LogP contribution in [0.4, 0.5) is 11.6 Å². The summed E-state index contributed by atoms with van der Waals surface area (Å²) in [5.74, 6) is 8.83. The number of nitrogens with one attached hydrogen (secondary N) is 1. The number of hydrogen-bond donors (Lipinski definition) is 3. The van der Waals surface area contributed by atoms with Gasteiger partial charge in [-0.25, -0.2) is 15.8 Å². The van der Waals surface area contributed by atoms with Crippen molar-refractivity contribution in [3.8, 4) is 0 Å². The molecule has 0 radical (unpaired) electrons. The fourth-order valence-corrected chi connectivity index (χ4v) is 3.47. The largest absolute Gasteiger partial charge is 0.393 e. The lowest BCUT2D eigenvalue weighted by Gasteiger charge is -2.22. The summed E-state index contributed by atoms with van der Waals surface area (Å²) in [5.41, 5.74) is 3.61. The fourth-order valence-electron chi connectivity index (χ4n) is 3.47. The van der Waals surface area contributed by atoms with Crippen molar-refractivity contribution in [3.05, 3.63) is 11.4 Å². The van der Waals surface area contributed by atoms with E-state index in [0.717, 1.165) is 37.3 Å². The second kappa shape index (κ2) is 4.61. The van der Waals surface area contributed by atoms with Crippen LogP contribution in [-0.4, -0.2) is 34.3 Å². The van der Waals surface area contributed by atoms with E-state index in [1.807, 2.05) is 13.8 Å². The van der Waals surface area contributed by atoms with E-state index >= 15 is 0 Å². The van der Waals surface area contributed by atoms with Crippen LogP contribution in [0.2, 0.25) is 0 Å². The number of fused-ring (bicyclic) bond motifs is 1. The number of nitrogens with zero attached hydrogens (tertiary/aromatic N) is 3. The van der Waals surface area contributed by atoms with Gasteiger partial charge in [0.25, 0.3) is 0 Å². The molecule has 104 valence electrons. The highest BCUT2D eigenvalue weighted by molar-refractivity contribution is 5.58. The molecule has 0 amide bonds. The first-order valence-electron chi connectivity index (χ1n) is 6.85. The Morgan fingerprint density at radius 1 is 1.26 bits per heavy atom. The first kappa shape index (κ1) is 12.6. The molecular formula is C13H21N5O. The molecule has 2 heterocycles. The van der Waals surface area contributed by atoms with E-state index < -0.39 is 0 Å². The molecule has 0 bridgehead atoms. The Labute approximate surface area is 113 Å². The number of hydrogen-bond acceptors (Lipinski definition) is 6. The topological polar surface area (TPSA) is 87.3 Å². The first-order chi connectivity index (χ1) is 9.10. The molecular weight excluding hydrogens is 242 g/mol. The number of aliphatic hydroxyl groups is 1. The third-order valence-corrected chi connectivity index (χ3v) is 4.49. The second-order valence-electron chi connectivity index (χ2n) is 5.69. The molecule has 0 aromatic carbocycles. The molecule has 3 unspecified atom stereocenters. The zero-order valence-electron chi connectivity index (χ0n) is 11.4. The quantitative estimate of drug-likeness (QED) is 0.534. The van der Waals surface area contributed by atoms with E-state index in [1.54, 1.807) is 0 Å². The van der Waals surface area contributed by atoms with Gasteiger partial charge in [0.05, 0.1) is 6.10 Å². The summed E-state index contributed by atoms with van der Waals surface area (Å²) in [7, 11) is 0. The van der Waals surface area contributed by atoms with Crippen molar-refractivity contribution in [2.45, 2.75) is 32.8 Å². The monoisotopic (exact) mass is 263 g/mol. The summed E-state index contributed by atoms with van der Waals surface area (Å²) in [5, 5.41) is 10.00. The van der Waals surface area contributed by atoms with Crippen molar-refractivity contribution < 1.29 is 5.11 Å². The predicted molar refractivity (Wildman–Crippen MR) is 73.7 cm³/mol. The molecule has 19 heavy (non-hydrogen) atoms. The highest BCUT2D eigenvalue weighted by Crippen LogP contribution is 2.40. The van der Waals surface area contributed by atoms with E-state index in [4.69, 9.17) is 5.84 Å². The lowest BCUT2D eigenvalue weighted by Crippen LogP contribution is -2.27. The minimum absolute atomic E-state index is 0.148. The predicted octanol–water partition coefficient (Wildman–Crippen LogP) is 0.586. The van der Waals surface area contributed by atoms with Crippen molar-refractivity contribution in [2.24, 2.45) is 17.7 Å². The van der Waals surface area contributed by atoms with Gasteiger partial charge in [-0.05, 0) is 32.6 Å². The van der Waals surface area contributed by atoms with Crippen LogP contribution in [-0.2, 0) is 0 Å². The number of hydrazine groups is 1. The molecule has 2 fully saturated rings. The number of aromatic nitrogens is 2. The number of aryl methyl sites for hydroxylation is 1. The molecule has 1 saturated heterocycles. The zero-order valence-corrected chi connectivity index (χ0v) is 11.4. The highest BCUT2D eigenvalue weighted by Gasteiger charge is 2.42. The van der Waals surface area contributed by atoms with Gasteiger partial charge in [0.2, 0.25) is 0 Å². The lowest BCUT2D eigenvalue weighted by atomic mass is 10.00. The van der Waals surface area contributed by atoms with Gasteiger partial charge in [0.1, 0.15) is 17.5 Å². The highest BCUT2D eigenvalue weighted by atomic mass is 16.3. The Morgan fingerprint density at radius 3 is 2.74 bits per heavy atom. The van der Waals surface area contributed by atoms with Crippen molar-refractivity contribution in [3.63, 3.8) is 0 Å². The average molecular weight is 263 g/mol. The van der Waals surface area contributed by atoms with Crippen LogP contribution in [0.15, 0.2) is 0 Å². The molecule has 1 aromatic rings. The van der Waals surface area contributed by atoms with Crippen LogP contribution < -0.4 is 16.2 Å². The summed E-state index contributed by atoms with van der Waals surface area (Å²) in [6, 6.07) is 0. The van der Waals surface area contributed by atoms with Crippen LogP contribution in [0.25, 0.3) is 0 Å². The Balaban J connectivity index is 1.90. The first-order valence-corrected chi connectivity index (χ1v) is 6.85. The average Bonchev–Trinajstić information content (AvgIpc) is 2.94. The molecule has 1 saturated carbocycles. The third kappa shape index (κ3) is 2.04. The molecule has 3 atom stereocenters. The fraction of sp³-hybridized carbons (Fsp3) is 0.692. The van der Waals surface area contributed by atoms with Crippen LogP contribution >= 0.6 is 0 Å². The minimum atomic E-state index is -0.148. The maximum atomic E-state index is 10.00.